The molecule has 9 nitrogen and oxygen atoms in total. The number of halogens is 4. The number of hydrogen-bond acceptors (Lipinski definition) is 8. The summed E-state index contributed by atoms with van der Waals surface area (Å²) in [7, 11) is -2.01. The summed E-state index contributed by atoms with van der Waals surface area (Å²) >= 11 is 0. The first-order chi connectivity index (χ1) is 20.9. The van der Waals surface area contributed by atoms with Gasteiger partial charge >= 0.3 is 6.18 Å². The van der Waals surface area contributed by atoms with E-state index in [0.29, 0.717) is 23.1 Å². The first kappa shape index (κ1) is 33.4. The number of anilines is 2. The quantitative estimate of drug-likeness (QED) is 0.199. The molecule has 0 aliphatic carbocycles. The third-order valence-electron chi connectivity index (χ3n) is 7.23. The maximum absolute atomic E-state index is 13.6. The number of aliphatic hydroxyl groups excluding tert-OH is 1. The smallest absolute Gasteiger partial charge is 0.406 e. The number of benzene rings is 2. The van der Waals surface area contributed by atoms with E-state index in [1.807, 2.05) is 6.07 Å². The Bertz CT molecular complexity index is 1590. The van der Waals surface area contributed by atoms with Crippen LogP contribution in [-0.4, -0.2) is 94.3 Å². The van der Waals surface area contributed by atoms with Crippen LogP contribution in [0.15, 0.2) is 47.4 Å². The molecule has 0 bridgehead atoms. The highest BCUT2D eigenvalue weighted by atomic mass is 32.2. The molecule has 0 spiro atoms. The summed E-state index contributed by atoms with van der Waals surface area (Å²) in [5, 5.41) is 17.0. The van der Waals surface area contributed by atoms with Crippen molar-refractivity contribution in [2.75, 3.05) is 63.6 Å². The zero-order valence-electron chi connectivity index (χ0n) is 24.5. The van der Waals surface area contributed by atoms with Crippen molar-refractivity contribution >= 4 is 32.1 Å². The largest absolute Gasteiger partial charge is 0.461 e. The van der Waals surface area contributed by atoms with E-state index in [2.05, 4.69) is 27.4 Å². The fraction of sp³-hybridized carbons (Fsp3) is 0.467. The molecule has 1 unspecified atom stereocenters. The number of β-amino-alcohol motifs (C(OH)–C–C–N with tert-alkyl or cyclic N) is 1. The van der Waals surface area contributed by atoms with Crippen LogP contribution in [0.5, 0.6) is 5.75 Å². The Balaban J connectivity index is 1.52. The summed E-state index contributed by atoms with van der Waals surface area (Å²) in [4.78, 5) is 2.11. The molecule has 1 aromatic heterocycles. The van der Waals surface area contributed by atoms with Crippen LogP contribution in [0, 0.1) is 11.8 Å². The highest BCUT2D eigenvalue weighted by Gasteiger charge is 2.30. The van der Waals surface area contributed by atoms with Gasteiger partial charge in [0.05, 0.1) is 41.0 Å². The Kier molecular flexibility index (Phi) is 11.0. The molecule has 2 aromatic carbocycles. The average Bonchev–Trinajstić information content (AvgIpc) is 3.29. The lowest BCUT2D eigenvalue weighted by Crippen LogP contribution is -2.43. The molecule has 1 aliphatic heterocycles. The first-order valence-corrected chi connectivity index (χ1v) is 15.9. The van der Waals surface area contributed by atoms with Crippen LogP contribution in [0.1, 0.15) is 18.5 Å². The third-order valence-corrected chi connectivity index (χ3v) is 8.34. The number of fused-ring (bicyclic) bond motifs is 1. The van der Waals surface area contributed by atoms with Gasteiger partial charge in [-0.1, -0.05) is 12.0 Å². The molecule has 1 saturated heterocycles. The summed E-state index contributed by atoms with van der Waals surface area (Å²) in [6.07, 6.45) is -2.42. The summed E-state index contributed by atoms with van der Waals surface area (Å²) in [6, 6.07) is 10.8. The van der Waals surface area contributed by atoms with Gasteiger partial charge < -0.3 is 34.7 Å². The van der Waals surface area contributed by atoms with Crippen molar-refractivity contribution in [2.45, 2.75) is 42.6 Å². The van der Waals surface area contributed by atoms with Crippen LogP contribution in [0.4, 0.5) is 28.9 Å². The summed E-state index contributed by atoms with van der Waals surface area (Å²) in [6.45, 7) is -0.117. The molecule has 0 saturated carbocycles. The van der Waals surface area contributed by atoms with Gasteiger partial charge in [-0.05, 0) is 49.1 Å². The molecule has 2 heterocycles. The number of sulfone groups is 1. The van der Waals surface area contributed by atoms with Gasteiger partial charge in [0.2, 0.25) is 6.86 Å². The number of aromatic nitrogens is 1. The minimum absolute atomic E-state index is 0.0306. The first-order valence-electron chi connectivity index (χ1n) is 14.0. The summed E-state index contributed by atoms with van der Waals surface area (Å²) in [5.41, 5.74) is 1.55. The fourth-order valence-electron chi connectivity index (χ4n) is 5.22. The molecule has 1 fully saturated rings. The number of alkyl halides is 4. The maximum atomic E-state index is 13.6. The van der Waals surface area contributed by atoms with Crippen molar-refractivity contribution < 1.29 is 40.6 Å². The topological polar surface area (TPSA) is 105 Å². The number of likely N-dealkylation sites (tertiary alicyclic amines) is 1. The summed E-state index contributed by atoms with van der Waals surface area (Å²) < 4.78 is 88.4. The van der Waals surface area contributed by atoms with Gasteiger partial charge in [-0.3, -0.25) is 0 Å². The number of piperidine rings is 1. The maximum Gasteiger partial charge on any atom is 0.406 e. The van der Waals surface area contributed by atoms with Crippen molar-refractivity contribution in [3.63, 3.8) is 0 Å². The van der Waals surface area contributed by atoms with Crippen molar-refractivity contribution in [3.8, 4) is 17.6 Å². The van der Waals surface area contributed by atoms with Crippen LogP contribution in [0.25, 0.3) is 10.9 Å². The Morgan fingerprint density at radius 2 is 1.89 bits per heavy atom. The van der Waals surface area contributed by atoms with E-state index in [1.54, 1.807) is 25.3 Å². The van der Waals surface area contributed by atoms with Gasteiger partial charge in [0.1, 0.15) is 12.3 Å². The van der Waals surface area contributed by atoms with E-state index in [9.17, 15) is 31.1 Å². The van der Waals surface area contributed by atoms with Crippen molar-refractivity contribution in [3.05, 3.63) is 48.2 Å². The fourth-order valence-corrected chi connectivity index (χ4v) is 5.85. The molecule has 3 N–H and O–H groups in total. The van der Waals surface area contributed by atoms with E-state index in [4.69, 9.17) is 9.47 Å². The monoisotopic (exact) mass is 640 g/mol. The zero-order chi connectivity index (χ0) is 31.9. The van der Waals surface area contributed by atoms with E-state index >= 15 is 0 Å². The lowest BCUT2D eigenvalue weighted by molar-refractivity contribution is -0.140. The second kappa shape index (κ2) is 14.5. The highest BCUT2D eigenvalue weighted by molar-refractivity contribution is 7.90. The predicted molar refractivity (Wildman–Crippen MR) is 160 cm³/mol. The molecule has 0 radical (unpaired) electrons. The minimum Gasteiger partial charge on any atom is -0.461 e. The van der Waals surface area contributed by atoms with E-state index in [1.165, 1.54) is 18.2 Å². The molecule has 0 amide bonds. The molecular formula is C30H36F4N4O5S. The van der Waals surface area contributed by atoms with E-state index in [0.717, 1.165) is 36.8 Å². The molecule has 1 aliphatic rings. The number of hydrogen-bond donors (Lipinski definition) is 3. The Labute approximate surface area is 254 Å². The number of nitrogens with one attached hydrogen (secondary N) is 2. The van der Waals surface area contributed by atoms with Crippen LogP contribution in [-0.2, 0) is 21.1 Å². The van der Waals surface area contributed by atoms with Crippen molar-refractivity contribution in [1.29, 1.82) is 0 Å². The number of nitrogens with zero attached hydrogens (tertiary/aromatic N) is 2. The Hall–Kier alpha value is -3.51. The third kappa shape index (κ3) is 9.01. The van der Waals surface area contributed by atoms with Crippen LogP contribution >= 0.6 is 0 Å². The minimum atomic E-state index is -4.48. The van der Waals surface area contributed by atoms with Gasteiger partial charge in [-0.2, -0.15) is 13.2 Å². The molecular weight excluding hydrogens is 604 g/mol. The summed E-state index contributed by atoms with van der Waals surface area (Å²) in [5.74, 6) is 5.60. The van der Waals surface area contributed by atoms with Crippen LogP contribution in [0.2, 0.25) is 0 Å². The van der Waals surface area contributed by atoms with Gasteiger partial charge in [0, 0.05) is 56.2 Å². The van der Waals surface area contributed by atoms with Crippen molar-refractivity contribution in [2.24, 2.45) is 0 Å². The average molecular weight is 641 g/mol. The second-order valence-electron chi connectivity index (χ2n) is 10.6. The number of ether oxygens (including phenoxy) is 2. The zero-order valence-corrected chi connectivity index (χ0v) is 25.3. The van der Waals surface area contributed by atoms with Crippen LogP contribution < -0.4 is 15.4 Å². The number of aliphatic hydroxyl groups is 1. The molecule has 3 aromatic rings. The molecule has 240 valence electrons. The lowest BCUT2D eigenvalue weighted by Gasteiger charge is -2.34. The second-order valence-corrected chi connectivity index (χ2v) is 12.7. The molecule has 44 heavy (non-hydrogen) atoms. The predicted octanol–water partition coefficient (Wildman–Crippen LogP) is 4.26. The highest BCUT2D eigenvalue weighted by Crippen LogP contribution is 2.32. The van der Waals surface area contributed by atoms with E-state index in [-0.39, 0.29) is 41.2 Å². The van der Waals surface area contributed by atoms with E-state index < -0.39 is 35.5 Å². The SMILES string of the molecule is COCC(O)CN1CCC(Nc2cccc3c2cc(C#CCNc2ccc(S(C)(=O)=O)cc2OCF)n3CC(F)(F)F)CC1. The van der Waals surface area contributed by atoms with Gasteiger partial charge in [-0.15, -0.1) is 0 Å². The number of rotatable bonds is 12. The van der Waals surface area contributed by atoms with Crippen LogP contribution in [0.3, 0.4) is 0 Å². The Morgan fingerprint density at radius 1 is 1.14 bits per heavy atom. The van der Waals surface area contributed by atoms with Crippen molar-refractivity contribution in [1.82, 2.24) is 9.47 Å². The molecule has 4 rings (SSSR count). The van der Waals surface area contributed by atoms with Gasteiger partial charge in [0.25, 0.3) is 0 Å². The van der Waals surface area contributed by atoms with Gasteiger partial charge in [-0.25, -0.2) is 12.8 Å². The normalized spacial score (nSPS) is 15.5. The van der Waals surface area contributed by atoms with Gasteiger partial charge in [0.15, 0.2) is 9.84 Å². The Morgan fingerprint density at radius 3 is 2.55 bits per heavy atom. The molecule has 14 heteroatoms. The lowest BCUT2D eigenvalue weighted by atomic mass is 10.0. The number of methoxy groups -OCH3 is 1. The standard InChI is InChI=1S/C30H36F4N4O5S/c1-42-18-23(39)17-37-13-10-21(11-14-37)36-26-6-3-7-28-25(26)15-22(38(28)19-30(32,33)34)5-4-12-35-27-9-8-24(44(2,40)41)16-29(27)43-20-31/h3,6-9,15-16,21,23,35-36,39H,10-14,17-20H2,1-2H3. The molecule has 1 atom stereocenters.